The van der Waals surface area contributed by atoms with Gasteiger partial charge in [-0.2, -0.15) is 0 Å². The fourth-order valence-corrected chi connectivity index (χ4v) is 3.61. The third-order valence-corrected chi connectivity index (χ3v) is 5.32. The lowest BCUT2D eigenvalue weighted by atomic mass is 10.1. The lowest BCUT2D eigenvalue weighted by molar-refractivity contribution is -0.113. The molecule has 0 aliphatic carbocycles. The van der Waals surface area contributed by atoms with Gasteiger partial charge in [0.2, 0.25) is 5.91 Å². The molecule has 150 valence electrons. The van der Waals surface area contributed by atoms with Crippen molar-refractivity contribution in [1.29, 1.82) is 0 Å². The monoisotopic (exact) mass is 418 g/mol. The summed E-state index contributed by atoms with van der Waals surface area (Å²) in [6, 6.07) is 23.8. The number of thioether (sulfide) groups is 1. The molecule has 4 aromatic rings. The van der Waals surface area contributed by atoms with E-state index in [1.54, 1.807) is 6.07 Å². The Morgan fingerprint density at radius 1 is 1.00 bits per heavy atom. The molecule has 1 heterocycles. The molecule has 1 amide bonds. The SMILES string of the molecule is Cc1ccc(F)cc1NC(=O)CSc1nc(-c2ccccc2)c(-c2ccccc2)o1. The smallest absolute Gasteiger partial charge is 0.257 e. The van der Waals surface area contributed by atoms with Gasteiger partial charge in [-0.3, -0.25) is 4.79 Å². The number of rotatable bonds is 6. The lowest BCUT2D eigenvalue weighted by Crippen LogP contribution is -2.15. The van der Waals surface area contributed by atoms with E-state index in [1.165, 1.54) is 23.9 Å². The lowest BCUT2D eigenvalue weighted by Gasteiger charge is -2.07. The van der Waals surface area contributed by atoms with Crippen LogP contribution < -0.4 is 5.32 Å². The topological polar surface area (TPSA) is 55.1 Å². The van der Waals surface area contributed by atoms with Crippen molar-refractivity contribution >= 4 is 23.4 Å². The second-order valence-corrected chi connectivity index (χ2v) is 7.61. The van der Waals surface area contributed by atoms with Gasteiger partial charge in [0.15, 0.2) is 5.76 Å². The van der Waals surface area contributed by atoms with Crippen LogP contribution in [0.25, 0.3) is 22.6 Å². The summed E-state index contributed by atoms with van der Waals surface area (Å²) in [6.45, 7) is 1.81. The maximum Gasteiger partial charge on any atom is 0.257 e. The molecule has 0 atom stereocenters. The van der Waals surface area contributed by atoms with E-state index in [0.717, 1.165) is 22.4 Å². The molecule has 0 radical (unpaired) electrons. The number of amides is 1. The first-order valence-corrected chi connectivity index (χ1v) is 10.4. The largest absolute Gasteiger partial charge is 0.431 e. The number of aryl methyl sites for hydroxylation is 1. The Hall–Kier alpha value is -3.38. The van der Waals surface area contributed by atoms with E-state index in [1.807, 2.05) is 67.6 Å². The van der Waals surface area contributed by atoms with Crippen molar-refractivity contribution in [2.24, 2.45) is 0 Å². The molecule has 1 aromatic heterocycles. The van der Waals surface area contributed by atoms with Crippen LogP contribution in [0.2, 0.25) is 0 Å². The van der Waals surface area contributed by atoms with Gasteiger partial charge in [-0.15, -0.1) is 0 Å². The summed E-state index contributed by atoms with van der Waals surface area (Å²) in [7, 11) is 0. The van der Waals surface area contributed by atoms with Gasteiger partial charge in [0.1, 0.15) is 11.5 Å². The van der Waals surface area contributed by atoms with Crippen molar-refractivity contribution in [3.63, 3.8) is 0 Å². The van der Waals surface area contributed by atoms with Crippen LogP contribution in [0.15, 0.2) is 88.5 Å². The molecule has 30 heavy (non-hydrogen) atoms. The van der Waals surface area contributed by atoms with E-state index < -0.39 is 5.82 Å². The highest BCUT2D eigenvalue weighted by atomic mass is 32.2. The minimum Gasteiger partial charge on any atom is -0.431 e. The van der Waals surface area contributed by atoms with Crippen LogP contribution in [0, 0.1) is 12.7 Å². The Morgan fingerprint density at radius 2 is 1.67 bits per heavy atom. The molecule has 4 rings (SSSR count). The first-order valence-electron chi connectivity index (χ1n) is 9.40. The number of aromatic nitrogens is 1. The van der Waals surface area contributed by atoms with E-state index >= 15 is 0 Å². The molecule has 0 saturated carbocycles. The van der Waals surface area contributed by atoms with Crippen LogP contribution in [-0.4, -0.2) is 16.6 Å². The van der Waals surface area contributed by atoms with E-state index in [-0.39, 0.29) is 11.7 Å². The second-order valence-electron chi connectivity index (χ2n) is 6.69. The number of nitrogens with one attached hydrogen (secondary N) is 1. The minimum atomic E-state index is -0.392. The summed E-state index contributed by atoms with van der Waals surface area (Å²) in [5.41, 5.74) is 3.83. The molecule has 0 unspecified atom stereocenters. The van der Waals surface area contributed by atoms with E-state index in [9.17, 15) is 9.18 Å². The third kappa shape index (κ3) is 4.60. The molecular formula is C24H19FN2O2S. The van der Waals surface area contributed by atoms with Gasteiger partial charge in [0, 0.05) is 16.8 Å². The van der Waals surface area contributed by atoms with Gasteiger partial charge in [-0.1, -0.05) is 78.5 Å². The Bertz CT molecular complexity index is 1100. The molecule has 6 heteroatoms. The molecule has 0 aliphatic rings. The fourth-order valence-electron chi connectivity index (χ4n) is 2.98. The van der Waals surface area contributed by atoms with Gasteiger partial charge in [-0.05, 0) is 24.6 Å². The van der Waals surface area contributed by atoms with Crippen LogP contribution >= 0.6 is 11.8 Å². The normalized spacial score (nSPS) is 10.7. The summed E-state index contributed by atoms with van der Waals surface area (Å²) >= 11 is 1.20. The predicted octanol–water partition coefficient (Wildman–Crippen LogP) is 6.19. The van der Waals surface area contributed by atoms with Gasteiger partial charge in [0.05, 0.1) is 5.75 Å². The molecule has 4 nitrogen and oxygen atoms in total. The molecule has 3 aromatic carbocycles. The molecule has 0 saturated heterocycles. The Balaban J connectivity index is 1.54. The van der Waals surface area contributed by atoms with E-state index in [4.69, 9.17) is 4.42 Å². The number of benzene rings is 3. The Labute approximate surface area is 178 Å². The van der Waals surface area contributed by atoms with Crippen molar-refractivity contribution in [2.75, 3.05) is 11.1 Å². The zero-order valence-corrected chi connectivity index (χ0v) is 17.1. The summed E-state index contributed by atoms with van der Waals surface area (Å²) < 4.78 is 19.4. The zero-order chi connectivity index (χ0) is 20.9. The van der Waals surface area contributed by atoms with Crippen molar-refractivity contribution < 1.29 is 13.6 Å². The molecule has 0 spiro atoms. The number of carbonyl (C=O) groups excluding carboxylic acids is 1. The summed E-state index contributed by atoms with van der Waals surface area (Å²) in [5, 5.41) is 3.14. The summed E-state index contributed by atoms with van der Waals surface area (Å²) in [6.07, 6.45) is 0. The number of halogens is 1. The number of oxazole rings is 1. The zero-order valence-electron chi connectivity index (χ0n) is 16.3. The Morgan fingerprint density at radius 3 is 2.37 bits per heavy atom. The first kappa shape index (κ1) is 19.9. The first-order chi connectivity index (χ1) is 14.6. The van der Waals surface area contributed by atoms with Crippen molar-refractivity contribution in [2.45, 2.75) is 12.1 Å². The quantitative estimate of drug-likeness (QED) is 0.380. The van der Waals surface area contributed by atoms with E-state index in [2.05, 4.69) is 10.3 Å². The minimum absolute atomic E-state index is 0.0962. The van der Waals surface area contributed by atoms with E-state index in [0.29, 0.717) is 16.7 Å². The average molecular weight is 418 g/mol. The fraction of sp³-hybridized carbons (Fsp3) is 0.0833. The Kier molecular flexibility index (Phi) is 5.95. The number of hydrogen-bond donors (Lipinski definition) is 1. The van der Waals surface area contributed by atoms with Crippen molar-refractivity contribution in [3.05, 3.63) is 90.2 Å². The molecular weight excluding hydrogens is 399 g/mol. The number of carbonyl (C=O) groups is 1. The van der Waals surface area contributed by atoms with Crippen LogP contribution in [0.5, 0.6) is 0 Å². The summed E-state index contributed by atoms with van der Waals surface area (Å²) in [5.74, 6) is 0.107. The predicted molar refractivity (Wildman–Crippen MR) is 118 cm³/mol. The molecule has 0 fully saturated rings. The molecule has 1 N–H and O–H groups in total. The standard InChI is InChI=1S/C24H19FN2O2S/c1-16-12-13-19(25)14-20(16)26-21(28)15-30-24-27-22(17-8-4-2-5-9-17)23(29-24)18-10-6-3-7-11-18/h2-14H,15H2,1H3,(H,26,28). The van der Waals surface area contributed by atoms with Gasteiger partial charge >= 0.3 is 0 Å². The maximum atomic E-state index is 13.4. The van der Waals surface area contributed by atoms with Crippen LogP contribution in [0.4, 0.5) is 10.1 Å². The van der Waals surface area contributed by atoms with Gasteiger partial charge < -0.3 is 9.73 Å². The average Bonchev–Trinajstić information content (AvgIpc) is 3.20. The van der Waals surface area contributed by atoms with Crippen molar-refractivity contribution in [3.8, 4) is 22.6 Å². The van der Waals surface area contributed by atoms with Crippen LogP contribution in [0.3, 0.4) is 0 Å². The number of nitrogens with zero attached hydrogens (tertiary/aromatic N) is 1. The second kappa shape index (κ2) is 8.97. The highest BCUT2D eigenvalue weighted by molar-refractivity contribution is 7.99. The molecule has 0 aliphatic heterocycles. The van der Waals surface area contributed by atoms with Crippen molar-refractivity contribution in [1.82, 2.24) is 4.98 Å². The number of hydrogen-bond acceptors (Lipinski definition) is 4. The van der Waals surface area contributed by atoms with Gasteiger partial charge in [0.25, 0.3) is 5.22 Å². The highest BCUT2D eigenvalue weighted by Gasteiger charge is 2.18. The number of anilines is 1. The summed E-state index contributed by atoms with van der Waals surface area (Å²) in [4.78, 5) is 17.0. The van der Waals surface area contributed by atoms with Crippen LogP contribution in [-0.2, 0) is 4.79 Å². The third-order valence-electron chi connectivity index (χ3n) is 4.49. The maximum absolute atomic E-state index is 13.4. The van der Waals surface area contributed by atoms with Gasteiger partial charge in [-0.25, -0.2) is 9.37 Å². The van der Waals surface area contributed by atoms with Crippen LogP contribution in [0.1, 0.15) is 5.56 Å². The molecule has 0 bridgehead atoms. The highest BCUT2D eigenvalue weighted by Crippen LogP contribution is 2.35.